The van der Waals surface area contributed by atoms with E-state index in [0.29, 0.717) is 24.7 Å². The Morgan fingerprint density at radius 3 is 3.00 bits per heavy atom. The van der Waals surface area contributed by atoms with Crippen LogP contribution in [0.2, 0.25) is 5.02 Å². The zero-order chi connectivity index (χ0) is 15.2. The summed E-state index contributed by atoms with van der Waals surface area (Å²) in [6.07, 6.45) is -0.120. The van der Waals surface area contributed by atoms with E-state index in [-0.39, 0.29) is 19.1 Å². The highest BCUT2D eigenvalue weighted by atomic mass is 35.5. The summed E-state index contributed by atoms with van der Waals surface area (Å²) in [6.45, 7) is 1.40. The molecule has 1 unspecified atom stereocenters. The van der Waals surface area contributed by atoms with Crippen LogP contribution in [0.5, 0.6) is 0 Å². The Morgan fingerprint density at radius 2 is 2.29 bits per heavy atom. The van der Waals surface area contributed by atoms with Gasteiger partial charge in [-0.25, -0.2) is 4.79 Å². The summed E-state index contributed by atoms with van der Waals surface area (Å²) < 4.78 is 5.24. The van der Waals surface area contributed by atoms with E-state index in [9.17, 15) is 9.59 Å². The van der Waals surface area contributed by atoms with Crippen LogP contribution < -0.4 is 5.32 Å². The first-order chi connectivity index (χ1) is 10.1. The molecule has 1 aromatic carbocycles. The van der Waals surface area contributed by atoms with Crippen LogP contribution in [0.3, 0.4) is 0 Å². The van der Waals surface area contributed by atoms with E-state index in [4.69, 9.17) is 21.4 Å². The minimum absolute atomic E-state index is 0.120. The maximum absolute atomic E-state index is 12.2. The number of carbonyl (C=O) groups excluding carboxylic acids is 1. The Hall–Kier alpha value is -1.79. The molecule has 0 aromatic heterocycles. The van der Waals surface area contributed by atoms with Gasteiger partial charge in [0.25, 0.3) is 0 Å². The van der Waals surface area contributed by atoms with Crippen molar-refractivity contribution in [1.82, 2.24) is 10.2 Å². The molecule has 1 saturated heterocycles. The standard InChI is InChI=1S/C14H17ClN2O4/c15-11-3-1-2-10(6-11)8-16-14(20)17-4-5-21-9-12(17)7-13(18)19/h1-3,6,12H,4-5,7-9H2,(H,16,20)(H,18,19). The summed E-state index contributed by atoms with van der Waals surface area (Å²) in [4.78, 5) is 24.5. The lowest BCUT2D eigenvalue weighted by molar-refractivity contribution is -0.139. The summed E-state index contributed by atoms with van der Waals surface area (Å²) in [7, 11) is 0. The minimum Gasteiger partial charge on any atom is -0.481 e. The predicted molar refractivity (Wildman–Crippen MR) is 77.3 cm³/mol. The molecule has 0 bridgehead atoms. The van der Waals surface area contributed by atoms with Crippen molar-refractivity contribution in [2.24, 2.45) is 0 Å². The molecule has 2 rings (SSSR count). The van der Waals surface area contributed by atoms with Crippen molar-refractivity contribution in [3.63, 3.8) is 0 Å². The number of halogens is 1. The summed E-state index contributed by atoms with van der Waals surface area (Å²) in [5.74, 6) is -0.946. The van der Waals surface area contributed by atoms with E-state index in [0.717, 1.165) is 5.56 Å². The lowest BCUT2D eigenvalue weighted by Gasteiger charge is -2.34. The maximum atomic E-state index is 12.2. The number of ether oxygens (including phenoxy) is 1. The Morgan fingerprint density at radius 1 is 1.48 bits per heavy atom. The average Bonchev–Trinajstić information content (AvgIpc) is 2.45. The number of benzene rings is 1. The van der Waals surface area contributed by atoms with Crippen LogP contribution in [-0.2, 0) is 16.1 Å². The average molecular weight is 313 g/mol. The summed E-state index contributed by atoms with van der Waals surface area (Å²) in [5.41, 5.74) is 0.888. The minimum atomic E-state index is -0.946. The van der Waals surface area contributed by atoms with E-state index >= 15 is 0 Å². The number of nitrogens with zero attached hydrogens (tertiary/aromatic N) is 1. The van der Waals surface area contributed by atoms with Crippen molar-refractivity contribution in [2.75, 3.05) is 19.8 Å². The van der Waals surface area contributed by atoms with Gasteiger partial charge in [0, 0.05) is 18.1 Å². The number of urea groups is 1. The molecule has 1 atom stereocenters. The van der Waals surface area contributed by atoms with Gasteiger partial charge in [-0.15, -0.1) is 0 Å². The first-order valence-corrected chi connectivity index (χ1v) is 7.02. The summed E-state index contributed by atoms with van der Waals surface area (Å²) >= 11 is 5.88. The van der Waals surface area contributed by atoms with Crippen LogP contribution in [0.25, 0.3) is 0 Å². The zero-order valence-corrected chi connectivity index (χ0v) is 12.2. The van der Waals surface area contributed by atoms with Crippen molar-refractivity contribution in [2.45, 2.75) is 19.0 Å². The predicted octanol–water partition coefficient (Wildman–Crippen LogP) is 1.73. The second kappa shape index (κ2) is 7.28. The highest BCUT2D eigenvalue weighted by Gasteiger charge is 2.28. The molecule has 1 aliphatic heterocycles. The van der Waals surface area contributed by atoms with Gasteiger partial charge < -0.3 is 20.1 Å². The molecule has 0 radical (unpaired) electrons. The van der Waals surface area contributed by atoms with E-state index in [2.05, 4.69) is 5.32 Å². The lowest BCUT2D eigenvalue weighted by atomic mass is 10.1. The van der Waals surface area contributed by atoms with Crippen molar-refractivity contribution in [1.29, 1.82) is 0 Å². The number of rotatable bonds is 4. The number of carboxylic acids is 1. The third-order valence-electron chi connectivity index (χ3n) is 3.23. The van der Waals surface area contributed by atoms with E-state index in [1.165, 1.54) is 4.90 Å². The number of carbonyl (C=O) groups is 2. The molecule has 6 nitrogen and oxygen atoms in total. The number of amides is 2. The van der Waals surface area contributed by atoms with Crippen LogP contribution in [0.15, 0.2) is 24.3 Å². The Balaban J connectivity index is 1.92. The maximum Gasteiger partial charge on any atom is 0.318 e. The van der Waals surface area contributed by atoms with Gasteiger partial charge in [0.2, 0.25) is 0 Å². The fraction of sp³-hybridized carbons (Fsp3) is 0.429. The van der Waals surface area contributed by atoms with Crippen LogP contribution in [0.1, 0.15) is 12.0 Å². The highest BCUT2D eigenvalue weighted by molar-refractivity contribution is 6.30. The molecule has 21 heavy (non-hydrogen) atoms. The topological polar surface area (TPSA) is 78.9 Å². The number of nitrogens with one attached hydrogen (secondary N) is 1. The summed E-state index contributed by atoms with van der Waals surface area (Å²) in [6, 6.07) is 6.49. The van der Waals surface area contributed by atoms with E-state index in [1.807, 2.05) is 12.1 Å². The second-order valence-electron chi connectivity index (χ2n) is 4.81. The Labute approximate surface area is 127 Å². The van der Waals surface area contributed by atoms with E-state index < -0.39 is 12.0 Å². The van der Waals surface area contributed by atoms with Gasteiger partial charge in [0.05, 0.1) is 25.7 Å². The number of aliphatic carboxylic acids is 1. The molecule has 114 valence electrons. The van der Waals surface area contributed by atoms with Gasteiger partial charge in [-0.1, -0.05) is 23.7 Å². The van der Waals surface area contributed by atoms with Crippen LogP contribution >= 0.6 is 11.6 Å². The first-order valence-electron chi connectivity index (χ1n) is 6.64. The number of morpholine rings is 1. The van der Waals surface area contributed by atoms with Gasteiger partial charge >= 0.3 is 12.0 Å². The van der Waals surface area contributed by atoms with Crippen molar-refractivity contribution >= 4 is 23.6 Å². The molecular formula is C14H17ClN2O4. The molecule has 1 aliphatic rings. The van der Waals surface area contributed by atoms with Crippen LogP contribution in [0, 0.1) is 0 Å². The molecule has 1 heterocycles. The van der Waals surface area contributed by atoms with Crippen molar-refractivity contribution in [3.8, 4) is 0 Å². The SMILES string of the molecule is O=C(O)CC1COCCN1C(=O)NCc1cccc(Cl)c1. The molecular weight excluding hydrogens is 296 g/mol. The van der Waals surface area contributed by atoms with Crippen LogP contribution in [-0.4, -0.2) is 47.8 Å². The fourth-order valence-corrected chi connectivity index (χ4v) is 2.43. The highest BCUT2D eigenvalue weighted by Crippen LogP contribution is 2.13. The van der Waals surface area contributed by atoms with Crippen molar-refractivity contribution in [3.05, 3.63) is 34.9 Å². The first kappa shape index (κ1) is 15.6. The number of hydrogen-bond donors (Lipinski definition) is 2. The Bertz CT molecular complexity index is 523. The number of carboxylic acid groups (broad SMARTS) is 1. The van der Waals surface area contributed by atoms with Gasteiger partial charge in [-0.2, -0.15) is 0 Å². The van der Waals surface area contributed by atoms with Gasteiger partial charge in [0.15, 0.2) is 0 Å². The molecule has 1 fully saturated rings. The van der Waals surface area contributed by atoms with Crippen LogP contribution in [0.4, 0.5) is 4.79 Å². The zero-order valence-electron chi connectivity index (χ0n) is 11.4. The molecule has 2 amide bonds. The molecule has 1 aromatic rings. The third-order valence-corrected chi connectivity index (χ3v) is 3.47. The molecule has 0 saturated carbocycles. The van der Waals surface area contributed by atoms with Gasteiger partial charge in [-0.05, 0) is 17.7 Å². The molecule has 2 N–H and O–H groups in total. The lowest BCUT2D eigenvalue weighted by Crippen LogP contribution is -2.53. The molecule has 0 spiro atoms. The normalized spacial score (nSPS) is 18.3. The van der Waals surface area contributed by atoms with Crippen molar-refractivity contribution < 1.29 is 19.4 Å². The second-order valence-corrected chi connectivity index (χ2v) is 5.25. The fourth-order valence-electron chi connectivity index (χ4n) is 2.22. The monoisotopic (exact) mass is 312 g/mol. The Kier molecular flexibility index (Phi) is 5.41. The molecule has 7 heteroatoms. The third kappa shape index (κ3) is 4.61. The molecule has 0 aliphatic carbocycles. The summed E-state index contributed by atoms with van der Waals surface area (Å²) in [5, 5.41) is 12.3. The van der Waals surface area contributed by atoms with E-state index in [1.54, 1.807) is 12.1 Å². The quantitative estimate of drug-likeness (QED) is 0.887. The number of hydrogen-bond acceptors (Lipinski definition) is 3. The smallest absolute Gasteiger partial charge is 0.318 e. The van der Waals surface area contributed by atoms with Gasteiger partial charge in [0.1, 0.15) is 0 Å². The largest absolute Gasteiger partial charge is 0.481 e. The van der Waals surface area contributed by atoms with Gasteiger partial charge in [-0.3, -0.25) is 4.79 Å².